The van der Waals surface area contributed by atoms with Crippen LogP contribution in [0.15, 0.2) is 54.6 Å². The van der Waals surface area contributed by atoms with Crippen LogP contribution in [0.3, 0.4) is 0 Å². The van der Waals surface area contributed by atoms with Gasteiger partial charge in [0.15, 0.2) is 0 Å². The molecule has 0 saturated heterocycles. The number of carbonyl (C=O) groups is 2. The Kier molecular flexibility index (Phi) is 4.72. The highest BCUT2D eigenvalue weighted by Crippen LogP contribution is 2.14. The van der Waals surface area contributed by atoms with Crippen molar-refractivity contribution >= 4 is 11.9 Å². The van der Waals surface area contributed by atoms with Crippen LogP contribution >= 0.6 is 0 Å². The predicted molar refractivity (Wildman–Crippen MR) is 80.0 cm³/mol. The average Bonchev–Trinajstić information content (AvgIpc) is 2.47. The summed E-state index contributed by atoms with van der Waals surface area (Å²) in [4.78, 5) is 24.8. The maximum atomic E-state index is 12.3. The summed E-state index contributed by atoms with van der Waals surface area (Å²) in [6.07, 6.45) is 0. The van der Waals surface area contributed by atoms with Crippen LogP contribution in [0.4, 0.5) is 0 Å². The Balaban J connectivity index is 2.03. The third-order valence-corrected chi connectivity index (χ3v) is 2.97. The molecule has 0 aliphatic rings. The van der Waals surface area contributed by atoms with Gasteiger partial charge in [0.1, 0.15) is 5.75 Å². The van der Waals surface area contributed by atoms with E-state index in [1.54, 1.807) is 36.2 Å². The van der Waals surface area contributed by atoms with Crippen LogP contribution < -0.4 is 4.74 Å². The zero-order valence-electron chi connectivity index (χ0n) is 12.1. The van der Waals surface area contributed by atoms with Gasteiger partial charge in [0.25, 0.3) is 5.91 Å². The lowest BCUT2D eigenvalue weighted by atomic mass is 10.1. The van der Waals surface area contributed by atoms with Gasteiger partial charge in [0.2, 0.25) is 0 Å². The van der Waals surface area contributed by atoms with Gasteiger partial charge < -0.3 is 9.64 Å². The van der Waals surface area contributed by atoms with Crippen molar-refractivity contribution in [3.8, 4) is 5.75 Å². The fraction of sp³-hybridized carbons (Fsp3) is 0.176. The summed E-state index contributed by atoms with van der Waals surface area (Å²) in [6, 6.07) is 16.3. The van der Waals surface area contributed by atoms with Gasteiger partial charge in [-0.05, 0) is 29.8 Å². The molecule has 0 aliphatic carbocycles. The molecule has 21 heavy (non-hydrogen) atoms. The minimum absolute atomic E-state index is 0.0757. The second-order valence-corrected chi connectivity index (χ2v) is 4.76. The van der Waals surface area contributed by atoms with Gasteiger partial charge in [-0.3, -0.25) is 9.59 Å². The fourth-order valence-electron chi connectivity index (χ4n) is 1.98. The van der Waals surface area contributed by atoms with E-state index in [0.717, 1.165) is 5.56 Å². The summed E-state index contributed by atoms with van der Waals surface area (Å²) in [5.74, 6) is -0.0201. The van der Waals surface area contributed by atoms with E-state index in [4.69, 9.17) is 4.74 Å². The van der Waals surface area contributed by atoms with E-state index in [-0.39, 0.29) is 11.9 Å². The number of benzene rings is 2. The van der Waals surface area contributed by atoms with Crippen LogP contribution in [0.5, 0.6) is 5.75 Å². The molecular weight excluding hydrogens is 266 g/mol. The number of ether oxygens (including phenoxy) is 1. The van der Waals surface area contributed by atoms with Crippen molar-refractivity contribution in [3.05, 3.63) is 65.7 Å². The summed E-state index contributed by atoms with van der Waals surface area (Å²) in [7, 11) is 1.76. The molecule has 0 N–H and O–H groups in total. The van der Waals surface area contributed by atoms with Crippen LogP contribution in [-0.2, 0) is 11.3 Å². The highest BCUT2D eigenvalue weighted by Gasteiger charge is 2.12. The van der Waals surface area contributed by atoms with Gasteiger partial charge in [-0.25, -0.2) is 0 Å². The van der Waals surface area contributed by atoms with Gasteiger partial charge >= 0.3 is 5.97 Å². The first kappa shape index (κ1) is 14.8. The van der Waals surface area contributed by atoms with E-state index in [1.165, 1.54) is 6.92 Å². The molecule has 2 aromatic rings. The number of amides is 1. The van der Waals surface area contributed by atoms with E-state index in [9.17, 15) is 9.59 Å². The molecule has 4 heteroatoms. The van der Waals surface area contributed by atoms with E-state index in [0.29, 0.717) is 17.9 Å². The zero-order chi connectivity index (χ0) is 15.2. The predicted octanol–water partition coefficient (Wildman–Crippen LogP) is 2.88. The molecular formula is C17H17NO3. The number of esters is 1. The first-order valence-electron chi connectivity index (χ1n) is 6.64. The van der Waals surface area contributed by atoms with Gasteiger partial charge in [-0.1, -0.05) is 30.3 Å². The molecule has 0 aromatic heterocycles. The van der Waals surface area contributed by atoms with E-state index >= 15 is 0 Å². The molecule has 2 aromatic carbocycles. The molecule has 0 atom stereocenters. The van der Waals surface area contributed by atoms with E-state index in [1.807, 2.05) is 30.3 Å². The SMILES string of the molecule is CC(=O)Oc1ccc(C(=O)N(C)Cc2ccccc2)cc1. The van der Waals surface area contributed by atoms with E-state index in [2.05, 4.69) is 0 Å². The molecule has 108 valence electrons. The molecule has 0 unspecified atom stereocenters. The van der Waals surface area contributed by atoms with Crippen molar-refractivity contribution < 1.29 is 14.3 Å². The monoisotopic (exact) mass is 283 g/mol. The molecule has 2 rings (SSSR count). The van der Waals surface area contributed by atoms with Crippen molar-refractivity contribution in [1.29, 1.82) is 0 Å². The number of carbonyl (C=O) groups excluding carboxylic acids is 2. The minimum atomic E-state index is -0.379. The van der Waals surface area contributed by atoms with Gasteiger partial charge in [-0.2, -0.15) is 0 Å². The Morgan fingerprint density at radius 1 is 1.00 bits per heavy atom. The third kappa shape index (κ3) is 4.18. The van der Waals surface area contributed by atoms with Crippen molar-refractivity contribution in [2.24, 2.45) is 0 Å². The Hall–Kier alpha value is -2.62. The lowest BCUT2D eigenvalue weighted by molar-refractivity contribution is -0.131. The number of nitrogens with zero attached hydrogens (tertiary/aromatic N) is 1. The summed E-state index contributed by atoms with van der Waals surface area (Å²) in [6.45, 7) is 1.89. The highest BCUT2D eigenvalue weighted by molar-refractivity contribution is 5.94. The standard InChI is InChI=1S/C17H17NO3/c1-13(19)21-16-10-8-15(9-11-16)17(20)18(2)12-14-6-4-3-5-7-14/h3-11H,12H2,1-2H3. The first-order valence-corrected chi connectivity index (χ1v) is 6.64. The molecule has 0 fully saturated rings. The first-order chi connectivity index (χ1) is 10.1. The topological polar surface area (TPSA) is 46.6 Å². The maximum absolute atomic E-state index is 12.3. The Bertz CT molecular complexity index is 620. The summed E-state index contributed by atoms with van der Waals surface area (Å²) in [5, 5.41) is 0. The zero-order valence-corrected chi connectivity index (χ0v) is 12.1. The lowest BCUT2D eigenvalue weighted by Crippen LogP contribution is -2.26. The smallest absolute Gasteiger partial charge is 0.308 e. The van der Waals surface area contributed by atoms with Gasteiger partial charge in [0, 0.05) is 26.1 Å². The molecule has 0 spiro atoms. The number of rotatable bonds is 4. The van der Waals surface area contributed by atoms with Crippen LogP contribution in [0.1, 0.15) is 22.8 Å². The molecule has 4 nitrogen and oxygen atoms in total. The normalized spacial score (nSPS) is 10.0. The van der Waals surface area contributed by atoms with Crippen LogP contribution in [0.2, 0.25) is 0 Å². The average molecular weight is 283 g/mol. The van der Waals surface area contributed by atoms with Crippen molar-refractivity contribution in [2.75, 3.05) is 7.05 Å². The van der Waals surface area contributed by atoms with Crippen LogP contribution in [-0.4, -0.2) is 23.8 Å². The maximum Gasteiger partial charge on any atom is 0.308 e. The Morgan fingerprint density at radius 3 is 2.19 bits per heavy atom. The molecule has 0 aliphatic heterocycles. The second kappa shape index (κ2) is 6.70. The van der Waals surface area contributed by atoms with Gasteiger partial charge in [-0.15, -0.1) is 0 Å². The highest BCUT2D eigenvalue weighted by atomic mass is 16.5. The molecule has 0 saturated carbocycles. The van der Waals surface area contributed by atoms with Crippen LogP contribution in [0.25, 0.3) is 0 Å². The Morgan fingerprint density at radius 2 is 1.62 bits per heavy atom. The minimum Gasteiger partial charge on any atom is -0.427 e. The number of hydrogen-bond acceptors (Lipinski definition) is 3. The largest absolute Gasteiger partial charge is 0.427 e. The second-order valence-electron chi connectivity index (χ2n) is 4.76. The van der Waals surface area contributed by atoms with Crippen molar-refractivity contribution in [3.63, 3.8) is 0 Å². The molecule has 0 bridgehead atoms. The third-order valence-electron chi connectivity index (χ3n) is 2.97. The Labute approximate surface area is 124 Å². The summed E-state index contributed by atoms with van der Waals surface area (Å²) in [5.41, 5.74) is 1.63. The van der Waals surface area contributed by atoms with Crippen molar-refractivity contribution in [2.45, 2.75) is 13.5 Å². The van der Waals surface area contributed by atoms with Crippen LogP contribution in [0, 0.1) is 0 Å². The molecule has 0 radical (unpaired) electrons. The number of hydrogen-bond donors (Lipinski definition) is 0. The molecule has 0 heterocycles. The lowest BCUT2D eigenvalue weighted by Gasteiger charge is -2.17. The quantitative estimate of drug-likeness (QED) is 0.640. The fourth-order valence-corrected chi connectivity index (χ4v) is 1.98. The van der Waals surface area contributed by atoms with Crippen molar-refractivity contribution in [1.82, 2.24) is 4.90 Å². The van der Waals surface area contributed by atoms with Gasteiger partial charge in [0.05, 0.1) is 0 Å². The summed E-state index contributed by atoms with van der Waals surface area (Å²) >= 11 is 0. The molecule has 1 amide bonds. The van der Waals surface area contributed by atoms with E-state index < -0.39 is 0 Å². The summed E-state index contributed by atoms with van der Waals surface area (Å²) < 4.78 is 4.94.